The van der Waals surface area contributed by atoms with Crippen LogP contribution in [-0.2, 0) is 26.2 Å². The van der Waals surface area contributed by atoms with E-state index in [0.29, 0.717) is 19.4 Å². The molecule has 0 saturated heterocycles. The van der Waals surface area contributed by atoms with E-state index in [1.165, 1.54) is 0 Å². The highest BCUT2D eigenvalue weighted by Gasteiger charge is 2.26. The summed E-state index contributed by atoms with van der Waals surface area (Å²) in [6, 6.07) is 14.2. The third-order valence-corrected chi connectivity index (χ3v) is 5.55. The molecule has 2 aromatic carbocycles. The molecule has 0 radical (unpaired) electrons. The Balaban J connectivity index is 1.90. The molecule has 1 aromatic heterocycles. The van der Waals surface area contributed by atoms with E-state index in [-0.39, 0.29) is 5.97 Å². The number of amides is 1. The van der Waals surface area contributed by atoms with Gasteiger partial charge >= 0.3 is 12.1 Å². The first kappa shape index (κ1) is 25.2. The second-order valence-electron chi connectivity index (χ2n) is 9.82. The van der Waals surface area contributed by atoms with E-state index < -0.39 is 17.2 Å². The molecule has 0 saturated carbocycles. The van der Waals surface area contributed by atoms with Crippen molar-refractivity contribution in [1.29, 1.82) is 0 Å². The number of esters is 1. The average molecular weight is 463 g/mol. The summed E-state index contributed by atoms with van der Waals surface area (Å²) in [6.07, 6.45) is 4.04. The molecule has 0 spiro atoms. The molecule has 0 aliphatic carbocycles. The van der Waals surface area contributed by atoms with Crippen LogP contribution in [0.2, 0.25) is 0 Å². The van der Waals surface area contributed by atoms with Crippen molar-refractivity contribution < 1.29 is 19.1 Å². The molecule has 0 unspecified atom stereocenters. The maximum atomic E-state index is 12.3. The maximum Gasteiger partial charge on any atom is 0.408 e. The standard InChI is InChI=1S/C28H34N2O4/c1-7-33-25(31)15-14-24-22(13-10-20-18-29-17-16-23(20)24)19-8-11-21(12-9-19)28(5,6)30-26(32)34-27(2,3)4/h8-13,16-18H,7,14-15H2,1-6H3,(H,30,32). The Hall–Kier alpha value is -3.41. The number of carbonyl (C=O) groups is 2. The summed E-state index contributed by atoms with van der Waals surface area (Å²) < 4.78 is 10.6. The molecular formula is C28H34N2O4. The Morgan fingerprint density at radius 1 is 0.971 bits per heavy atom. The van der Waals surface area contributed by atoms with Gasteiger partial charge in [-0.15, -0.1) is 0 Å². The topological polar surface area (TPSA) is 77.5 Å². The highest BCUT2D eigenvalue weighted by molar-refractivity contribution is 5.91. The number of fused-ring (bicyclic) bond motifs is 1. The summed E-state index contributed by atoms with van der Waals surface area (Å²) >= 11 is 0. The number of alkyl carbamates (subject to hydrolysis) is 1. The Morgan fingerprint density at radius 3 is 2.32 bits per heavy atom. The smallest absolute Gasteiger partial charge is 0.408 e. The van der Waals surface area contributed by atoms with Crippen LogP contribution < -0.4 is 5.32 Å². The lowest BCUT2D eigenvalue weighted by Crippen LogP contribution is -2.43. The van der Waals surface area contributed by atoms with E-state index in [2.05, 4.69) is 16.4 Å². The fraction of sp³-hybridized carbons (Fsp3) is 0.393. The van der Waals surface area contributed by atoms with E-state index in [4.69, 9.17) is 9.47 Å². The Labute approximate surface area is 201 Å². The molecule has 6 nitrogen and oxygen atoms in total. The first-order valence-corrected chi connectivity index (χ1v) is 11.6. The summed E-state index contributed by atoms with van der Waals surface area (Å²) in [5.41, 5.74) is 2.98. The summed E-state index contributed by atoms with van der Waals surface area (Å²) in [4.78, 5) is 28.6. The van der Waals surface area contributed by atoms with Gasteiger partial charge in [-0.3, -0.25) is 9.78 Å². The molecule has 34 heavy (non-hydrogen) atoms. The second-order valence-corrected chi connectivity index (χ2v) is 9.82. The number of nitrogens with zero attached hydrogens (tertiary/aromatic N) is 1. The van der Waals surface area contributed by atoms with Crippen LogP contribution in [0.1, 0.15) is 59.1 Å². The van der Waals surface area contributed by atoms with Crippen LogP contribution in [0.25, 0.3) is 21.9 Å². The zero-order valence-electron chi connectivity index (χ0n) is 20.9. The monoisotopic (exact) mass is 462 g/mol. The van der Waals surface area contributed by atoms with E-state index >= 15 is 0 Å². The molecule has 6 heteroatoms. The molecule has 1 heterocycles. The van der Waals surface area contributed by atoms with E-state index in [1.807, 2.05) is 84.1 Å². The van der Waals surface area contributed by atoms with E-state index in [0.717, 1.165) is 33.0 Å². The predicted molar refractivity (Wildman–Crippen MR) is 135 cm³/mol. The average Bonchev–Trinajstić information content (AvgIpc) is 2.76. The summed E-state index contributed by atoms with van der Waals surface area (Å²) in [5, 5.41) is 5.06. The van der Waals surface area contributed by atoms with Crippen molar-refractivity contribution in [3.63, 3.8) is 0 Å². The van der Waals surface area contributed by atoms with Crippen LogP contribution in [0.5, 0.6) is 0 Å². The Bertz CT molecular complexity index is 1160. The lowest BCUT2D eigenvalue weighted by atomic mass is 9.89. The SMILES string of the molecule is CCOC(=O)CCc1c(-c2ccc(C(C)(C)NC(=O)OC(C)(C)C)cc2)ccc2cnccc12. The number of aromatic nitrogens is 1. The van der Waals surface area contributed by atoms with Crippen molar-refractivity contribution in [1.82, 2.24) is 10.3 Å². The number of ether oxygens (including phenoxy) is 2. The Kier molecular flexibility index (Phi) is 7.60. The largest absolute Gasteiger partial charge is 0.466 e. The number of aryl methyl sites for hydroxylation is 1. The highest BCUT2D eigenvalue weighted by atomic mass is 16.6. The van der Waals surface area contributed by atoms with Crippen LogP contribution >= 0.6 is 0 Å². The number of benzene rings is 2. The van der Waals surface area contributed by atoms with Crippen LogP contribution in [-0.4, -0.2) is 29.3 Å². The van der Waals surface area contributed by atoms with Crippen molar-refractivity contribution in [3.8, 4) is 11.1 Å². The highest BCUT2D eigenvalue weighted by Crippen LogP contribution is 2.32. The zero-order chi connectivity index (χ0) is 24.9. The fourth-order valence-corrected chi connectivity index (χ4v) is 3.93. The minimum atomic E-state index is -0.608. The number of hydrogen-bond acceptors (Lipinski definition) is 5. The number of rotatable bonds is 7. The fourth-order valence-electron chi connectivity index (χ4n) is 3.93. The minimum absolute atomic E-state index is 0.204. The van der Waals surface area contributed by atoms with Gasteiger partial charge in [-0.1, -0.05) is 36.4 Å². The van der Waals surface area contributed by atoms with E-state index in [9.17, 15) is 9.59 Å². The minimum Gasteiger partial charge on any atom is -0.466 e. The van der Waals surface area contributed by atoms with Gasteiger partial charge in [0.25, 0.3) is 0 Å². The quantitative estimate of drug-likeness (QED) is 0.426. The first-order valence-electron chi connectivity index (χ1n) is 11.6. The van der Waals surface area contributed by atoms with Gasteiger partial charge in [0.05, 0.1) is 12.1 Å². The number of pyridine rings is 1. The zero-order valence-corrected chi connectivity index (χ0v) is 20.9. The molecule has 3 aromatic rings. The molecule has 1 amide bonds. The van der Waals surface area contributed by atoms with Gasteiger partial charge in [-0.05, 0) is 81.7 Å². The van der Waals surface area contributed by atoms with Crippen LogP contribution in [0.3, 0.4) is 0 Å². The lowest BCUT2D eigenvalue weighted by molar-refractivity contribution is -0.143. The van der Waals surface area contributed by atoms with Gasteiger partial charge in [0.15, 0.2) is 0 Å². The van der Waals surface area contributed by atoms with Crippen LogP contribution in [0.4, 0.5) is 4.79 Å². The van der Waals surface area contributed by atoms with E-state index in [1.54, 1.807) is 6.20 Å². The summed E-state index contributed by atoms with van der Waals surface area (Å²) in [5.74, 6) is -0.204. The molecule has 0 bridgehead atoms. The van der Waals surface area contributed by atoms with Gasteiger partial charge in [-0.25, -0.2) is 4.79 Å². The summed E-state index contributed by atoms with van der Waals surface area (Å²) in [7, 11) is 0. The molecule has 0 aliphatic heterocycles. The van der Waals surface area contributed by atoms with Gasteiger partial charge in [-0.2, -0.15) is 0 Å². The molecule has 3 rings (SSSR count). The molecule has 1 N–H and O–H groups in total. The second kappa shape index (κ2) is 10.2. The van der Waals surface area contributed by atoms with Gasteiger partial charge < -0.3 is 14.8 Å². The molecule has 0 aliphatic rings. The number of carbonyl (C=O) groups excluding carboxylic acids is 2. The molecule has 0 atom stereocenters. The van der Waals surface area contributed by atoms with Gasteiger partial charge in [0.2, 0.25) is 0 Å². The lowest BCUT2D eigenvalue weighted by Gasteiger charge is -2.29. The van der Waals surface area contributed by atoms with Crippen molar-refractivity contribution in [3.05, 3.63) is 66.0 Å². The van der Waals surface area contributed by atoms with Crippen LogP contribution in [0.15, 0.2) is 54.9 Å². The number of hydrogen-bond donors (Lipinski definition) is 1. The molecular weight excluding hydrogens is 428 g/mol. The maximum absolute atomic E-state index is 12.3. The van der Waals surface area contributed by atoms with Crippen LogP contribution in [0, 0.1) is 0 Å². The third kappa shape index (κ3) is 6.34. The molecule has 180 valence electrons. The Morgan fingerprint density at radius 2 is 1.68 bits per heavy atom. The first-order chi connectivity index (χ1) is 16.0. The van der Waals surface area contributed by atoms with Crippen molar-refractivity contribution >= 4 is 22.8 Å². The predicted octanol–water partition coefficient (Wildman–Crippen LogP) is 6.16. The van der Waals surface area contributed by atoms with Crippen molar-refractivity contribution in [2.45, 2.75) is 65.5 Å². The van der Waals surface area contributed by atoms with Crippen molar-refractivity contribution in [2.75, 3.05) is 6.61 Å². The van der Waals surface area contributed by atoms with Gasteiger partial charge in [0.1, 0.15) is 5.60 Å². The van der Waals surface area contributed by atoms with Gasteiger partial charge in [0, 0.05) is 24.2 Å². The summed E-state index contributed by atoms with van der Waals surface area (Å²) in [6.45, 7) is 11.6. The molecule has 0 fully saturated rings. The third-order valence-electron chi connectivity index (χ3n) is 5.55. The number of nitrogens with one attached hydrogen (secondary N) is 1. The van der Waals surface area contributed by atoms with Crippen molar-refractivity contribution in [2.24, 2.45) is 0 Å². The normalized spacial score (nSPS) is 11.8.